The fourth-order valence-electron chi connectivity index (χ4n) is 1.34. The molecule has 0 aromatic carbocycles. The highest BCUT2D eigenvalue weighted by molar-refractivity contribution is 4.72. The van der Waals surface area contributed by atoms with Gasteiger partial charge in [0.05, 0.1) is 0 Å². The van der Waals surface area contributed by atoms with Crippen molar-refractivity contribution in [2.75, 3.05) is 19.6 Å². The Morgan fingerprint density at radius 1 is 1.60 bits per heavy atom. The number of hydrogen-bond donors (Lipinski definition) is 1. The van der Waals surface area contributed by atoms with Gasteiger partial charge in [0, 0.05) is 19.1 Å². The normalized spacial score (nSPS) is 27.9. The van der Waals surface area contributed by atoms with Crippen molar-refractivity contribution >= 4 is 0 Å². The van der Waals surface area contributed by atoms with E-state index in [1.807, 2.05) is 0 Å². The van der Waals surface area contributed by atoms with Crippen molar-refractivity contribution in [2.45, 2.75) is 32.2 Å². The number of nitrogens with zero attached hydrogens (tertiary/aromatic N) is 1. The van der Waals surface area contributed by atoms with Crippen molar-refractivity contribution in [3.05, 3.63) is 0 Å². The Kier molecular flexibility index (Phi) is 3.76. The third-order valence-electron chi connectivity index (χ3n) is 1.90. The van der Waals surface area contributed by atoms with Crippen LogP contribution in [-0.2, 0) is 0 Å². The molecule has 0 saturated carbocycles. The molecule has 1 atom stereocenters. The molecular weight excluding hydrogens is 124 g/mol. The van der Waals surface area contributed by atoms with E-state index >= 15 is 0 Å². The van der Waals surface area contributed by atoms with Gasteiger partial charge >= 0.3 is 0 Å². The topological polar surface area (TPSA) is 26.1 Å². The van der Waals surface area contributed by atoms with Gasteiger partial charge in [-0.3, -0.25) is 0 Å². The van der Waals surface area contributed by atoms with Crippen molar-refractivity contribution in [2.24, 2.45) is 0 Å². The second kappa shape index (κ2) is 4.69. The average Bonchev–Trinajstić information content (AvgIpc) is 2.17. The van der Waals surface area contributed by atoms with E-state index in [9.17, 15) is 0 Å². The molecule has 1 aliphatic rings. The van der Waals surface area contributed by atoms with Gasteiger partial charge in [0.15, 0.2) is 0 Å². The van der Waals surface area contributed by atoms with Crippen LogP contribution >= 0.6 is 0 Å². The van der Waals surface area contributed by atoms with Crippen molar-refractivity contribution in [3.8, 4) is 0 Å². The van der Waals surface area contributed by atoms with E-state index < -0.39 is 0 Å². The zero-order valence-electron chi connectivity index (χ0n) is 6.77. The summed E-state index contributed by atoms with van der Waals surface area (Å²) in [5.74, 6) is 0. The lowest BCUT2D eigenvalue weighted by Crippen LogP contribution is -2.30. The lowest BCUT2D eigenvalue weighted by molar-refractivity contribution is 0.481. The van der Waals surface area contributed by atoms with Gasteiger partial charge in [-0.15, -0.1) is 0 Å². The van der Waals surface area contributed by atoms with E-state index in [1.165, 1.54) is 19.3 Å². The van der Waals surface area contributed by atoms with Crippen LogP contribution in [-0.4, -0.2) is 25.7 Å². The van der Waals surface area contributed by atoms with Crippen LogP contribution in [0.25, 0.3) is 0 Å². The minimum absolute atomic E-state index is 0.604. The monoisotopic (exact) mass is 141 g/mol. The molecule has 10 heavy (non-hydrogen) atoms. The van der Waals surface area contributed by atoms with Gasteiger partial charge in [-0.05, 0) is 19.4 Å². The maximum atomic E-state index is 4.55. The highest BCUT2D eigenvalue weighted by atomic mass is 15.0. The molecule has 0 aliphatic carbocycles. The van der Waals surface area contributed by atoms with Crippen LogP contribution in [0.3, 0.4) is 0 Å². The first-order valence-corrected chi connectivity index (χ1v) is 4.31. The van der Waals surface area contributed by atoms with E-state index in [-0.39, 0.29) is 0 Å². The first-order valence-electron chi connectivity index (χ1n) is 4.31. The van der Waals surface area contributed by atoms with E-state index in [2.05, 4.69) is 17.6 Å². The van der Waals surface area contributed by atoms with Crippen LogP contribution in [0.5, 0.6) is 0 Å². The molecule has 0 spiro atoms. The Morgan fingerprint density at radius 2 is 2.50 bits per heavy atom. The van der Waals surface area contributed by atoms with Gasteiger partial charge in [0.1, 0.15) is 0 Å². The third kappa shape index (κ3) is 2.67. The molecule has 2 heteroatoms. The molecule has 1 rings (SSSR count). The predicted molar refractivity (Wildman–Crippen MR) is 43.2 cm³/mol. The van der Waals surface area contributed by atoms with Crippen LogP contribution in [0.4, 0.5) is 0 Å². The lowest BCUT2D eigenvalue weighted by Gasteiger charge is -2.11. The zero-order chi connectivity index (χ0) is 7.23. The van der Waals surface area contributed by atoms with Crippen LogP contribution < -0.4 is 10.6 Å². The van der Waals surface area contributed by atoms with E-state index in [1.54, 1.807) is 0 Å². The highest BCUT2D eigenvalue weighted by Gasteiger charge is 2.09. The summed E-state index contributed by atoms with van der Waals surface area (Å²) in [7, 11) is 0. The Morgan fingerprint density at radius 3 is 3.30 bits per heavy atom. The molecule has 2 nitrogen and oxygen atoms in total. The maximum Gasteiger partial charge on any atom is 0.0370 e. The number of nitrogens with one attached hydrogen (secondary N) is 1. The second-order valence-electron chi connectivity index (χ2n) is 2.91. The van der Waals surface area contributed by atoms with Crippen molar-refractivity contribution in [3.63, 3.8) is 0 Å². The molecule has 1 radical (unpaired) electrons. The Bertz CT molecular complexity index is 75.3. The van der Waals surface area contributed by atoms with Crippen molar-refractivity contribution in [1.29, 1.82) is 0 Å². The number of hydrogen-bond acceptors (Lipinski definition) is 1. The molecule has 1 aliphatic heterocycles. The summed E-state index contributed by atoms with van der Waals surface area (Å²) >= 11 is 0. The van der Waals surface area contributed by atoms with Crippen molar-refractivity contribution in [1.82, 2.24) is 10.6 Å². The third-order valence-corrected chi connectivity index (χ3v) is 1.90. The Labute approximate surface area is 63.4 Å². The summed E-state index contributed by atoms with van der Waals surface area (Å²) in [6, 6.07) is 0.604. The zero-order valence-corrected chi connectivity index (χ0v) is 6.77. The molecule has 1 unspecified atom stereocenters. The summed E-state index contributed by atoms with van der Waals surface area (Å²) in [5.41, 5.74) is 0. The minimum Gasteiger partial charge on any atom is -0.315 e. The first kappa shape index (κ1) is 8.02. The maximum absolute atomic E-state index is 4.55. The fourth-order valence-corrected chi connectivity index (χ4v) is 1.34. The molecular formula is C8H17N2. The molecule has 59 valence electrons. The average molecular weight is 141 g/mol. The predicted octanol–water partition coefficient (Wildman–Crippen LogP) is 0.753. The Hall–Kier alpha value is -0.0800. The molecule has 0 aromatic heterocycles. The Balaban J connectivity index is 2.15. The van der Waals surface area contributed by atoms with Gasteiger partial charge in [-0.1, -0.05) is 13.3 Å². The molecule has 0 amide bonds. The quantitative estimate of drug-likeness (QED) is 0.603. The van der Waals surface area contributed by atoms with E-state index in [4.69, 9.17) is 0 Å². The van der Waals surface area contributed by atoms with E-state index in [0.717, 1.165) is 19.6 Å². The molecule has 1 N–H and O–H groups in total. The van der Waals surface area contributed by atoms with Crippen molar-refractivity contribution < 1.29 is 0 Å². The lowest BCUT2D eigenvalue weighted by atomic mass is 10.2. The van der Waals surface area contributed by atoms with Crippen LogP contribution in [0.2, 0.25) is 0 Å². The SMILES string of the molecule is CCCC1CNCCC[N]1. The molecule has 1 fully saturated rings. The largest absolute Gasteiger partial charge is 0.315 e. The summed E-state index contributed by atoms with van der Waals surface area (Å²) in [6.45, 7) is 5.55. The number of rotatable bonds is 2. The van der Waals surface area contributed by atoms with Crippen LogP contribution in [0, 0.1) is 0 Å². The first-order chi connectivity index (χ1) is 4.93. The minimum atomic E-state index is 0.604. The standard InChI is InChI=1S/C8H17N2/c1-2-4-8-7-9-5-3-6-10-8/h8-9H,2-7H2,1H3. The van der Waals surface area contributed by atoms with Gasteiger partial charge in [0.25, 0.3) is 0 Å². The fraction of sp³-hybridized carbons (Fsp3) is 1.00. The van der Waals surface area contributed by atoms with Gasteiger partial charge in [0.2, 0.25) is 0 Å². The molecule has 1 heterocycles. The van der Waals surface area contributed by atoms with Gasteiger partial charge in [-0.25, -0.2) is 5.32 Å². The summed E-state index contributed by atoms with van der Waals surface area (Å²) < 4.78 is 0. The van der Waals surface area contributed by atoms with Gasteiger partial charge in [-0.2, -0.15) is 0 Å². The smallest absolute Gasteiger partial charge is 0.0370 e. The second-order valence-corrected chi connectivity index (χ2v) is 2.91. The summed E-state index contributed by atoms with van der Waals surface area (Å²) in [4.78, 5) is 0. The molecule has 0 bridgehead atoms. The van der Waals surface area contributed by atoms with Crippen LogP contribution in [0.1, 0.15) is 26.2 Å². The highest BCUT2D eigenvalue weighted by Crippen LogP contribution is 1.99. The molecule has 1 saturated heterocycles. The molecule has 0 aromatic rings. The summed E-state index contributed by atoms with van der Waals surface area (Å²) in [6.07, 6.45) is 3.74. The van der Waals surface area contributed by atoms with Crippen LogP contribution in [0.15, 0.2) is 0 Å². The summed E-state index contributed by atoms with van der Waals surface area (Å²) in [5, 5.41) is 7.94. The van der Waals surface area contributed by atoms with E-state index in [0.29, 0.717) is 6.04 Å². The van der Waals surface area contributed by atoms with Gasteiger partial charge < -0.3 is 5.32 Å².